The third-order valence-corrected chi connectivity index (χ3v) is 3.59. The van der Waals surface area contributed by atoms with Crippen molar-refractivity contribution in [3.05, 3.63) is 47.0 Å². The summed E-state index contributed by atoms with van der Waals surface area (Å²) >= 11 is 0. The van der Waals surface area contributed by atoms with Gasteiger partial charge in [0.05, 0.1) is 13.2 Å². The Hall–Kier alpha value is -1.12. The fourth-order valence-electron chi connectivity index (χ4n) is 2.40. The Balaban J connectivity index is 2.17. The van der Waals surface area contributed by atoms with Crippen LogP contribution >= 0.6 is 0 Å². The van der Waals surface area contributed by atoms with E-state index >= 15 is 0 Å². The lowest BCUT2D eigenvalue weighted by Crippen LogP contribution is -2.21. The minimum absolute atomic E-state index is 0.383. The number of nitrogens with one attached hydrogen (secondary N) is 1. The van der Waals surface area contributed by atoms with Crippen molar-refractivity contribution in [1.82, 2.24) is 5.32 Å². The Labute approximate surface area is 110 Å². The number of rotatable bonds is 6. The van der Waals surface area contributed by atoms with Crippen molar-refractivity contribution in [3.8, 4) is 0 Å². The summed E-state index contributed by atoms with van der Waals surface area (Å²) in [6.45, 7) is 11.0. The number of benzene rings is 1. The van der Waals surface area contributed by atoms with Gasteiger partial charge in [0.25, 0.3) is 0 Å². The molecule has 1 heterocycles. The molecule has 0 saturated heterocycles. The minimum Gasteiger partial charge on any atom is -0.372 e. The molecular weight excluding hydrogens is 222 g/mol. The van der Waals surface area contributed by atoms with E-state index < -0.39 is 0 Å². The zero-order valence-corrected chi connectivity index (χ0v) is 11.5. The lowest BCUT2D eigenvalue weighted by atomic mass is 9.95. The van der Waals surface area contributed by atoms with Gasteiger partial charge in [0.2, 0.25) is 0 Å². The third-order valence-electron chi connectivity index (χ3n) is 3.59. The zero-order valence-electron chi connectivity index (χ0n) is 11.5. The molecule has 0 bridgehead atoms. The molecule has 2 heteroatoms. The molecule has 0 radical (unpaired) electrons. The van der Waals surface area contributed by atoms with Gasteiger partial charge < -0.3 is 10.1 Å². The highest BCUT2D eigenvalue weighted by Gasteiger charge is 2.16. The molecule has 0 amide bonds. The summed E-state index contributed by atoms with van der Waals surface area (Å²) in [5.74, 6) is 0. The predicted octanol–water partition coefficient (Wildman–Crippen LogP) is 3.72. The van der Waals surface area contributed by atoms with Crippen LogP contribution in [0.25, 0.3) is 0 Å². The number of fused-ring (bicyclic) bond motifs is 1. The van der Waals surface area contributed by atoms with Crippen LogP contribution in [0.1, 0.15) is 49.4 Å². The molecule has 1 aliphatic heterocycles. The summed E-state index contributed by atoms with van der Waals surface area (Å²) in [4.78, 5) is 0. The van der Waals surface area contributed by atoms with Gasteiger partial charge in [0.1, 0.15) is 0 Å². The lowest BCUT2D eigenvalue weighted by molar-refractivity contribution is 0.134. The van der Waals surface area contributed by atoms with Gasteiger partial charge in [-0.1, -0.05) is 44.2 Å². The average molecular weight is 245 g/mol. The van der Waals surface area contributed by atoms with Crippen LogP contribution in [-0.4, -0.2) is 6.54 Å². The first-order valence-corrected chi connectivity index (χ1v) is 6.84. The summed E-state index contributed by atoms with van der Waals surface area (Å²) in [5, 5.41) is 3.55. The van der Waals surface area contributed by atoms with Crippen LogP contribution < -0.4 is 5.32 Å². The monoisotopic (exact) mass is 245 g/mol. The molecule has 0 fully saturated rings. The van der Waals surface area contributed by atoms with Gasteiger partial charge in [-0.3, -0.25) is 0 Å². The molecule has 1 aromatic rings. The molecule has 98 valence electrons. The smallest absolute Gasteiger partial charge is 0.0725 e. The van der Waals surface area contributed by atoms with E-state index in [-0.39, 0.29) is 0 Å². The van der Waals surface area contributed by atoms with Crippen molar-refractivity contribution in [3.63, 3.8) is 0 Å². The Bertz CT molecular complexity index is 425. The number of hydrogen-bond donors (Lipinski definition) is 1. The topological polar surface area (TPSA) is 21.3 Å². The number of hydrogen-bond acceptors (Lipinski definition) is 2. The van der Waals surface area contributed by atoms with E-state index in [1.807, 2.05) is 0 Å². The second-order valence-electron chi connectivity index (χ2n) is 4.94. The fourth-order valence-corrected chi connectivity index (χ4v) is 2.40. The molecule has 0 saturated carbocycles. The first-order valence-electron chi connectivity index (χ1n) is 6.84. The van der Waals surface area contributed by atoms with E-state index in [0.29, 0.717) is 6.04 Å². The largest absolute Gasteiger partial charge is 0.372 e. The quantitative estimate of drug-likeness (QED) is 0.771. The van der Waals surface area contributed by atoms with Crippen LogP contribution in [0.4, 0.5) is 0 Å². The molecule has 2 rings (SSSR count). The fraction of sp³-hybridized carbons (Fsp3) is 0.500. The molecule has 2 nitrogen and oxygen atoms in total. The van der Waals surface area contributed by atoms with Crippen LogP contribution in [0.3, 0.4) is 0 Å². The Morgan fingerprint density at radius 2 is 2.11 bits per heavy atom. The molecule has 0 spiro atoms. The van der Waals surface area contributed by atoms with E-state index in [0.717, 1.165) is 32.6 Å². The van der Waals surface area contributed by atoms with E-state index in [1.165, 1.54) is 22.3 Å². The Morgan fingerprint density at radius 3 is 2.83 bits per heavy atom. The zero-order chi connectivity index (χ0) is 13.0. The Kier molecular flexibility index (Phi) is 4.56. The van der Waals surface area contributed by atoms with Crippen molar-refractivity contribution in [2.75, 3.05) is 6.54 Å². The summed E-state index contributed by atoms with van der Waals surface area (Å²) in [5.41, 5.74) is 5.34. The second-order valence-corrected chi connectivity index (χ2v) is 4.94. The average Bonchev–Trinajstić information content (AvgIpc) is 2.85. The van der Waals surface area contributed by atoms with Crippen LogP contribution in [0.15, 0.2) is 30.4 Å². The predicted molar refractivity (Wildman–Crippen MR) is 75.4 cm³/mol. The van der Waals surface area contributed by atoms with Gasteiger partial charge in [0.15, 0.2) is 0 Å². The molecule has 1 unspecified atom stereocenters. The van der Waals surface area contributed by atoms with Gasteiger partial charge in [0, 0.05) is 6.04 Å². The van der Waals surface area contributed by atoms with Crippen LogP contribution in [0.2, 0.25) is 0 Å². The van der Waals surface area contributed by atoms with E-state index in [4.69, 9.17) is 4.74 Å². The van der Waals surface area contributed by atoms with Gasteiger partial charge in [-0.2, -0.15) is 0 Å². The van der Waals surface area contributed by atoms with Crippen LogP contribution in [0.5, 0.6) is 0 Å². The number of ether oxygens (including phenoxy) is 1. The maximum absolute atomic E-state index is 5.47. The Morgan fingerprint density at radius 1 is 1.33 bits per heavy atom. The minimum atomic E-state index is 0.383. The summed E-state index contributed by atoms with van der Waals surface area (Å²) in [6, 6.07) is 7.10. The molecule has 1 atom stereocenters. The standard InChI is InChI=1S/C16H23NO/c1-4-12(3)8-16(17-5-2)13-6-7-14-10-18-11-15(14)9-13/h6-7,9,16-17H,3-5,8,10-11H2,1-2H3. The molecule has 1 aromatic carbocycles. The molecular formula is C16H23NO. The molecule has 1 aliphatic rings. The molecule has 1 N–H and O–H groups in total. The van der Waals surface area contributed by atoms with Crippen molar-refractivity contribution in [2.24, 2.45) is 0 Å². The highest BCUT2D eigenvalue weighted by Crippen LogP contribution is 2.27. The second kappa shape index (κ2) is 6.17. The van der Waals surface area contributed by atoms with Gasteiger partial charge >= 0.3 is 0 Å². The normalized spacial score (nSPS) is 15.4. The molecule has 18 heavy (non-hydrogen) atoms. The van der Waals surface area contributed by atoms with Gasteiger partial charge in [-0.15, -0.1) is 0 Å². The summed E-state index contributed by atoms with van der Waals surface area (Å²) in [7, 11) is 0. The van der Waals surface area contributed by atoms with Gasteiger partial charge in [-0.05, 0) is 36.1 Å². The summed E-state index contributed by atoms with van der Waals surface area (Å²) < 4.78 is 5.47. The first-order chi connectivity index (χ1) is 8.74. The maximum Gasteiger partial charge on any atom is 0.0725 e. The van der Waals surface area contributed by atoms with Crippen molar-refractivity contribution < 1.29 is 4.74 Å². The van der Waals surface area contributed by atoms with Crippen LogP contribution in [-0.2, 0) is 18.0 Å². The van der Waals surface area contributed by atoms with Crippen molar-refractivity contribution in [1.29, 1.82) is 0 Å². The highest BCUT2D eigenvalue weighted by atomic mass is 16.5. The van der Waals surface area contributed by atoms with E-state index in [1.54, 1.807) is 0 Å². The SMILES string of the molecule is C=C(CC)CC(NCC)c1ccc2c(c1)COC2. The van der Waals surface area contributed by atoms with E-state index in [9.17, 15) is 0 Å². The lowest BCUT2D eigenvalue weighted by Gasteiger charge is -2.20. The van der Waals surface area contributed by atoms with Crippen LogP contribution in [0, 0.1) is 0 Å². The molecule has 0 aliphatic carbocycles. The molecule has 0 aromatic heterocycles. The summed E-state index contributed by atoms with van der Waals surface area (Å²) in [6.07, 6.45) is 2.07. The first kappa shape index (κ1) is 13.3. The maximum atomic E-state index is 5.47. The third kappa shape index (κ3) is 3.01. The highest BCUT2D eigenvalue weighted by molar-refractivity contribution is 5.35. The van der Waals surface area contributed by atoms with Crippen molar-refractivity contribution >= 4 is 0 Å². The van der Waals surface area contributed by atoms with Gasteiger partial charge in [-0.25, -0.2) is 0 Å². The van der Waals surface area contributed by atoms with Crippen molar-refractivity contribution in [2.45, 2.75) is 45.9 Å². The van der Waals surface area contributed by atoms with E-state index in [2.05, 4.69) is 43.9 Å².